The van der Waals surface area contributed by atoms with Crippen molar-refractivity contribution in [2.75, 3.05) is 5.32 Å². The number of carbonyl (C=O) groups is 1. The van der Waals surface area contributed by atoms with E-state index in [0.717, 1.165) is 42.9 Å². The van der Waals surface area contributed by atoms with E-state index in [4.69, 9.17) is 0 Å². The van der Waals surface area contributed by atoms with E-state index in [1.807, 2.05) is 6.07 Å². The Kier molecular flexibility index (Phi) is 7.18. The summed E-state index contributed by atoms with van der Waals surface area (Å²) >= 11 is 0.921. The van der Waals surface area contributed by atoms with Crippen LogP contribution in [0.3, 0.4) is 0 Å². The van der Waals surface area contributed by atoms with Gasteiger partial charge >= 0.3 is 0 Å². The molecule has 0 unspecified atom stereocenters. The summed E-state index contributed by atoms with van der Waals surface area (Å²) in [5.74, 6) is 0.515. The van der Waals surface area contributed by atoms with Crippen molar-refractivity contribution in [1.82, 2.24) is 10.2 Å². The van der Waals surface area contributed by atoms with Gasteiger partial charge in [-0.15, -0.1) is 10.2 Å². The van der Waals surface area contributed by atoms with Crippen LogP contribution in [0.1, 0.15) is 57.4 Å². The average molecular weight is 422 g/mol. The van der Waals surface area contributed by atoms with Crippen LogP contribution < -0.4 is 5.32 Å². The molecule has 1 fully saturated rings. The van der Waals surface area contributed by atoms with E-state index in [1.54, 1.807) is 24.3 Å². The maximum Gasteiger partial charge on any atom is 0.234 e. The van der Waals surface area contributed by atoms with Crippen molar-refractivity contribution in [2.45, 2.75) is 62.0 Å². The van der Waals surface area contributed by atoms with E-state index in [-0.39, 0.29) is 27.0 Å². The average Bonchev–Trinajstić information content (AvgIpc) is 3.17. The lowest BCUT2D eigenvalue weighted by Crippen LogP contribution is -2.27. The molecule has 0 atom stereocenters. The number of nitrogens with one attached hydrogen (secondary N) is 1. The second-order valence-corrected chi connectivity index (χ2v) is 10.6. The number of benzene rings is 1. The topological polar surface area (TPSA) is 89.0 Å². The fourth-order valence-corrected chi connectivity index (χ4v) is 5.98. The van der Waals surface area contributed by atoms with Gasteiger partial charge in [0, 0.05) is 5.92 Å². The van der Waals surface area contributed by atoms with Gasteiger partial charge in [-0.2, -0.15) is 0 Å². The van der Waals surface area contributed by atoms with Gasteiger partial charge in [0.2, 0.25) is 25.2 Å². The molecule has 1 N–H and O–H groups in total. The van der Waals surface area contributed by atoms with Crippen molar-refractivity contribution < 1.29 is 13.2 Å². The van der Waals surface area contributed by atoms with Gasteiger partial charge in [0.1, 0.15) is 0 Å². The minimum Gasteiger partial charge on any atom is -0.300 e. The number of aromatic nitrogens is 2. The van der Waals surface area contributed by atoms with Crippen molar-refractivity contribution in [3.8, 4) is 0 Å². The third-order valence-corrected chi connectivity index (χ3v) is 8.26. The molecular weight excluding hydrogens is 394 g/mol. The summed E-state index contributed by atoms with van der Waals surface area (Å²) < 4.78 is 25.0. The van der Waals surface area contributed by atoms with Crippen LogP contribution in [0.5, 0.6) is 0 Å². The van der Waals surface area contributed by atoms with Crippen molar-refractivity contribution in [1.29, 1.82) is 0 Å². The highest BCUT2D eigenvalue weighted by atomic mass is 32.2. The van der Waals surface area contributed by atoms with Crippen molar-refractivity contribution in [2.24, 2.45) is 11.8 Å². The summed E-state index contributed by atoms with van der Waals surface area (Å²) in [7, 11) is -3.58. The molecule has 3 rings (SSSR count). The summed E-state index contributed by atoms with van der Waals surface area (Å²) in [6.07, 6.45) is 7.68. The minimum atomic E-state index is -3.58. The molecule has 0 bridgehead atoms. The third-order valence-electron chi connectivity index (χ3n) is 5.29. The lowest BCUT2D eigenvalue weighted by molar-refractivity contribution is -0.121. The van der Waals surface area contributed by atoms with E-state index in [2.05, 4.69) is 22.4 Å². The van der Waals surface area contributed by atoms with Crippen LogP contribution in [-0.4, -0.2) is 24.5 Å². The fourth-order valence-electron chi connectivity index (χ4n) is 3.65. The van der Waals surface area contributed by atoms with Gasteiger partial charge in [-0.25, -0.2) is 8.42 Å². The molecule has 0 saturated heterocycles. The van der Waals surface area contributed by atoms with Crippen molar-refractivity contribution >= 4 is 32.2 Å². The molecule has 6 nitrogen and oxygen atoms in total. The fraction of sp³-hybridized carbons (Fsp3) is 0.550. The van der Waals surface area contributed by atoms with Crippen LogP contribution in [0, 0.1) is 11.8 Å². The SMILES string of the molecule is CCCCC1CCC(C(=O)Nc2nnc(S(=O)(=O)Cc3ccccc3)s2)CC1. The number of anilines is 1. The molecule has 0 spiro atoms. The number of hydrogen-bond donors (Lipinski definition) is 1. The Hall–Kier alpha value is -1.80. The minimum absolute atomic E-state index is 0.0221. The van der Waals surface area contributed by atoms with Crippen LogP contribution in [0.25, 0.3) is 0 Å². The lowest BCUT2D eigenvalue weighted by atomic mass is 9.79. The van der Waals surface area contributed by atoms with Crippen LogP contribution in [-0.2, 0) is 20.4 Å². The van der Waals surface area contributed by atoms with Gasteiger partial charge in [-0.05, 0) is 37.2 Å². The number of carbonyl (C=O) groups excluding carboxylic acids is 1. The van der Waals surface area contributed by atoms with Gasteiger partial charge in [0.05, 0.1) is 5.75 Å². The quantitative estimate of drug-likeness (QED) is 0.636. The van der Waals surface area contributed by atoms with Gasteiger partial charge in [-0.3, -0.25) is 4.79 Å². The highest BCUT2D eigenvalue weighted by Gasteiger charge is 2.27. The summed E-state index contributed by atoms with van der Waals surface area (Å²) in [4.78, 5) is 12.5. The number of hydrogen-bond acceptors (Lipinski definition) is 6. The molecule has 1 heterocycles. The van der Waals surface area contributed by atoms with Gasteiger partial charge < -0.3 is 5.32 Å². The highest BCUT2D eigenvalue weighted by Crippen LogP contribution is 2.33. The highest BCUT2D eigenvalue weighted by molar-refractivity contribution is 7.92. The zero-order valence-corrected chi connectivity index (χ0v) is 17.8. The normalized spacial score (nSPS) is 20.0. The molecule has 1 saturated carbocycles. The second-order valence-electron chi connectivity index (χ2n) is 7.47. The summed E-state index contributed by atoms with van der Waals surface area (Å²) in [6.45, 7) is 2.20. The Bertz CT molecular complexity index is 873. The molecule has 2 aromatic rings. The van der Waals surface area contributed by atoms with Crippen molar-refractivity contribution in [3.05, 3.63) is 35.9 Å². The van der Waals surface area contributed by atoms with E-state index in [0.29, 0.717) is 5.56 Å². The first-order chi connectivity index (χ1) is 13.5. The molecule has 1 aromatic heterocycles. The number of unbranched alkanes of at least 4 members (excludes halogenated alkanes) is 1. The molecule has 8 heteroatoms. The van der Waals surface area contributed by atoms with E-state index >= 15 is 0 Å². The number of rotatable bonds is 8. The number of sulfone groups is 1. The first-order valence-corrected chi connectivity index (χ1v) is 12.4. The molecule has 1 amide bonds. The molecule has 1 aromatic carbocycles. The van der Waals surface area contributed by atoms with E-state index in [9.17, 15) is 13.2 Å². The largest absolute Gasteiger partial charge is 0.300 e. The number of nitrogens with zero attached hydrogens (tertiary/aromatic N) is 2. The first-order valence-electron chi connectivity index (χ1n) is 9.89. The standard InChI is InChI=1S/C20H27N3O3S2/c1-2-3-7-15-10-12-17(13-11-15)18(24)21-19-22-23-20(27-19)28(25,26)14-16-8-5-4-6-9-16/h4-6,8-9,15,17H,2-3,7,10-14H2,1H3,(H,21,22,24). The summed E-state index contributed by atoms with van der Waals surface area (Å²) in [5.41, 5.74) is 0.697. The maximum atomic E-state index is 12.5. The predicted molar refractivity (Wildman–Crippen MR) is 111 cm³/mol. The van der Waals surface area contributed by atoms with Gasteiger partial charge in [0.15, 0.2) is 0 Å². The third kappa shape index (κ3) is 5.61. The molecule has 0 aliphatic heterocycles. The Labute approximate surface area is 170 Å². The summed E-state index contributed by atoms with van der Waals surface area (Å²) in [5, 5.41) is 10.7. The smallest absolute Gasteiger partial charge is 0.234 e. The molecule has 1 aliphatic carbocycles. The van der Waals surface area contributed by atoms with Crippen molar-refractivity contribution in [3.63, 3.8) is 0 Å². The second kappa shape index (κ2) is 9.60. The molecule has 1 aliphatic rings. The maximum absolute atomic E-state index is 12.5. The molecule has 152 valence electrons. The first kappa shape index (κ1) is 20.9. The zero-order chi connectivity index (χ0) is 20.0. The molecular formula is C20H27N3O3S2. The zero-order valence-electron chi connectivity index (χ0n) is 16.1. The van der Waals surface area contributed by atoms with Gasteiger partial charge in [-0.1, -0.05) is 67.9 Å². The van der Waals surface area contributed by atoms with Crippen LogP contribution in [0.2, 0.25) is 0 Å². The monoisotopic (exact) mass is 421 g/mol. The van der Waals surface area contributed by atoms with Crippen LogP contribution in [0.4, 0.5) is 5.13 Å². The number of amides is 1. The Morgan fingerprint density at radius 1 is 1.14 bits per heavy atom. The molecule has 0 radical (unpaired) electrons. The van der Waals surface area contributed by atoms with Crippen LogP contribution >= 0.6 is 11.3 Å². The Morgan fingerprint density at radius 2 is 1.86 bits per heavy atom. The summed E-state index contributed by atoms with van der Waals surface area (Å²) in [6, 6.07) is 8.96. The Morgan fingerprint density at radius 3 is 2.54 bits per heavy atom. The van der Waals surface area contributed by atoms with E-state index < -0.39 is 9.84 Å². The van der Waals surface area contributed by atoms with Crippen LogP contribution in [0.15, 0.2) is 34.7 Å². The Balaban J connectivity index is 1.55. The lowest BCUT2D eigenvalue weighted by Gasteiger charge is -2.27. The van der Waals surface area contributed by atoms with Gasteiger partial charge in [0.25, 0.3) is 0 Å². The predicted octanol–water partition coefficient (Wildman–Crippen LogP) is 4.45. The van der Waals surface area contributed by atoms with E-state index in [1.165, 1.54) is 19.3 Å². The molecule has 28 heavy (non-hydrogen) atoms.